The van der Waals surface area contributed by atoms with Gasteiger partial charge in [0.15, 0.2) is 0 Å². The number of amides is 1. The molecule has 1 aromatic heterocycles. The number of ether oxygens (including phenoxy) is 1. The van der Waals surface area contributed by atoms with Gasteiger partial charge in [0.25, 0.3) is 11.5 Å². The van der Waals surface area contributed by atoms with Gasteiger partial charge < -0.3 is 10.1 Å². The van der Waals surface area contributed by atoms with E-state index in [0.717, 1.165) is 23.0 Å². The molecule has 2 heterocycles. The zero-order valence-electron chi connectivity index (χ0n) is 17.4. The van der Waals surface area contributed by atoms with Gasteiger partial charge in [0.05, 0.1) is 28.6 Å². The molecule has 3 aromatic rings. The van der Waals surface area contributed by atoms with Crippen molar-refractivity contribution in [2.45, 2.75) is 24.3 Å². The molecule has 0 spiro atoms. The van der Waals surface area contributed by atoms with Gasteiger partial charge in [-0.3, -0.25) is 14.2 Å². The average molecular weight is 442 g/mol. The van der Waals surface area contributed by atoms with Crippen LogP contribution in [-0.4, -0.2) is 49.4 Å². The van der Waals surface area contributed by atoms with E-state index in [4.69, 9.17) is 4.74 Å². The molecule has 0 unspecified atom stereocenters. The fourth-order valence-electron chi connectivity index (χ4n) is 3.58. The number of nitrogens with zero attached hydrogens (tertiary/aromatic N) is 3. The molecule has 0 saturated carbocycles. The van der Waals surface area contributed by atoms with Crippen LogP contribution in [0.4, 0.5) is 5.69 Å². The van der Waals surface area contributed by atoms with Crippen molar-refractivity contribution < 1.29 is 17.9 Å². The van der Waals surface area contributed by atoms with Gasteiger partial charge in [0.2, 0.25) is 10.0 Å². The van der Waals surface area contributed by atoms with Crippen molar-refractivity contribution in [2.24, 2.45) is 0 Å². The maximum absolute atomic E-state index is 12.9. The van der Waals surface area contributed by atoms with E-state index in [0.29, 0.717) is 28.8 Å². The van der Waals surface area contributed by atoms with Gasteiger partial charge in [-0.05, 0) is 42.8 Å². The lowest BCUT2D eigenvalue weighted by molar-refractivity contribution is 0.102. The molecule has 1 aliphatic rings. The highest BCUT2D eigenvalue weighted by molar-refractivity contribution is 7.89. The molecular formula is C21H22N4O5S. The van der Waals surface area contributed by atoms with Crippen molar-refractivity contribution in [2.75, 3.05) is 26.5 Å². The van der Waals surface area contributed by atoms with E-state index in [1.807, 2.05) is 0 Å². The second kappa shape index (κ2) is 7.78. The van der Waals surface area contributed by atoms with Gasteiger partial charge in [-0.1, -0.05) is 0 Å². The molecule has 4 rings (SSSR count). The zero-order chi connectivity index (χ0) is 22.3. The molecule has 0 bridgehead atoms. The fourth-order valence-corrected chi connectivity index (χ4v) is 4.50. The lowest BCUT2D eigenvalue weighted by Crippen LogP contribution is -2.22. The quantitative estimate of drug-likeness (QED) is 0.646. The van der Waals surface area contributed by atoms with Crippen molar-refractivity contribution in [1.29, 1.82) is 0 Å². The number of rotatable bonds is 5. The van der Waals surface area contributed by atoms with E-state index in [-0.39, 0.29) is 16.1 Å². The minimum Gasteiger partial charge on any atom is -0.495 e. The van der Waals surface area contributed by atoms with E-state index in [9.17, 15) is 18.0 Å². The van der Waals surface area contributed by atoms with Crippen molar-refractivity contribution in [1.82, 2.24) is 13.9 Å². The number of benzene rings is 2. The lowest BCUT2D eigenvalue weighted by Gasteiger charge is -2.15. The summed E-state index contributed by atoms with van der Waals surface area (Å²) in [7, 11) is 0.604. The summed E-state index contributed by atoms with van der Waals surface area (Å²) in [5, 5.41) is 3.16. The Labute approximate surface area is 179 Å². The number of aryl methyl sites for hydroxylation is 1. The Bertz CT molecular complexity index is 1360. The molecule has 0 saturated heterocycles. The Morgan fingerprint density at radius 2 is 1.97 bits per heavy atom. The van der Waals surface area contributed by atoms with Crippen LogP contribution in [-0.2, 0) is 23.0 Å². The Morgan fingerprint density at radius 3 is 2.68 bits per heavy atom. The number of carbonyl (C=O) groups is 1. The van der Waals surface area contributed by atoms with Crippen molar-refractivity contribution in [3.8, 4) is 5.75 Å². The van der Waals surface area contributed by atoms with E-state index < -0.39 is 15.9 Å². The van der Waals surface area contributed by atoms with Gasteiger partial charge in [0, 0.05) is 32.6 Å². The summed E-state index contributed by atoms with van der Waals surface area (Å²) in [5.41, 5.74) is 0.872. The SMILES string of the molecule is COc1ccc(S(=O)(=O)N(C)C)cc1NC(=O)c1ccc2c(=O)n3c(nc2c1)CCC3. The minimum absolute atomic E-state index is 0.0253. The summed E-state index contributed by atoms with van der Waals surface area (Å²) in [6, 6.07) is 8.96. The van der Waals surface area contributed by atoms with Crippen LogP contribution >= 0.6 is 0 Å². The topological polar surface area (TPSA) is 111 Å². The van der Waals surface area contributed by atoms with Crippen LogP contribution in [0.5, 0.6) is 5.75 Å². The molecule has 9 nitrogen and oxygen atoms in total. The molecule has 0 fully saturated rings. The number of fused-ring (bicyclic) bond motifs is 2. The molecule has 0 radical (unpaired) electrons. The number of hydrogen-bond donors (Lipinski definition) is 1. The molecule has 31 heavy (non-hydrogen) atoms. The number of nitrogens with one attached hydrogen (secondary N) is 1. The fraction of sp³-hybridized carbons (Fsp3) is 0.286. The van der Waals surface area contributed by atoms with Crippen LogP contribution < -0.4 is 15.6 Å². The standard InChI is InChI=1S/C21H22N4O5S/c1-24(2)31(28,29)14-7-9-18(30-3)17(12-14)23-20(26)13-6-8-15-16(11-13)22-19-5-4-10-25(19)21(15)27/h6-9,11-12H,4-5,10H2,1-3H3,(H,23,26). The summed E-state index contributed by atoms with van der Waals surface area (Å²) in [6.07, 6.45) is 1.60. The third-order valence-electron chi connectivity index (χ3n) is 5.28. The molecule has 1 amide bonds. The van der Waals surface area contributed by atoms with E-state index in [2.05, 4.69) is 10.3 Å². The number of aromatic nitrogens is 2. The Balaban J connectivity index is 1.70. The van der Waals surface area contributed by atoms with Gasteiger partial charge >= 0.3 is 0 Å². The second-order valence-corrected chi connectivity index (χ2v) is 9.58. The van der Waals surface area contributed by atoms with Gasteiger partial charge in [0.1, 0.15) is 11.6 Å². The van der Waals surface area contributed by atoms with E-state index in [1.54, 1.807) is 22.8 Å². The number of methoxy groups -OCH3 is 1. The van der Waals surface area contributed by atoms with Crippen molar-refractivity contribution in [3.63, 3.8) is 0 Å². The third kappa shape index (κ3) is 3.68. The largest absolute Gasteiger partial charge is 0.495 e. The average Bonchev–Trinajstić information content (AvgIpc) is 3.22. The molecule has 1 N–H and O–H groups in total. The molecule has 1 aliphatic heterocycles. The third-order valence-corrected chi connectivity index (χ3v) is 7.09. The summed E-state index contributed by atoms with van der Waals surface area (Å²) < 4.78 is 32.9. The van der Waals surface area contributed by atoms with E-state index >= 15 is 0 Å². The maximum Gasteiger partial charge on any atom is 0.261 e. The van der Waals surface area contributed by atoms with Crippen molar-refractivity contribution >= 4 is 32.5 Å². The highest BCUT2D eigenvalue weighted by Crippen LogP contribution is 2.29. The van der Waals surface area contributed by atoms with Gasteiger partial charge in [-0.2, -0.15) is 0 Å². The number of anilines is 1. The highest BCUT2D eigenvalue weighted by atomic mass is 32.2. The molecule has 162 valence electrons. The minimum atomic E-state index is -3.68. The monoisotopic (exact) mass is 442 g/mol. The zero-order valence-corrected chi connectivity index (χ0v) is 18.2. The first kappa shape index (κ1) is 21.0. The first-order chi connectivity index (χ1) is 14.7. The first-order valence-electron chi connectivity index (χ1n) is 9.68. The normalized spacial score (nSPS) is 13.4. The number of hydrogen-bond acceptors (Lipinski definition) is 6. The predicted octanol–water partition coefficient (Wildman–Crippen LogP) is 1.85. The van der Waals surface area contributed by atoms with Crippen LogP contribution in [0.15, 0.2) is 46.1 Å². The molecule has 2 aromatic carbocycles. The second-order valence-electron chi connectivity index (χ2n) is 7.42. The maximum atomic E-state index is 12.9. The van der Waals surface area contributed by atoms with Crippen LogP contribution in [0, 0.1) is 0 Å². The van der Waals surface area contributed by atoms with E-state index in [1.165, 1.54) is 39.4 Å². The Morgan fingerprint density at radius 1 is 1.19 bits per heavy atom. The predicted molar refractivity (Wildman–Crippen MR) is 116 cm³/mol. The Kier molecular flexibility index (Phi) is 5.28. The highest BCUT2D eigenvalue weighted by Gasteiger charge is 2.21. The number of sulfonamides is 1. The van der Waals surface area contributed by atoms with Crippen LogP contribution in [0.2, 0.25) is 0 Å². The first-order valence-corrected chi connectivity index (χ1v) is 11.1. The number of carbonyl (C=O) groups excluding carboxylic acids is 1. The Hall–Kier alpha value is -3.24. The molecule has 10 heteroatoms. The molecule has 0 aliphatic carbocycles. The van der Waals surface area contributed by atoms with Crippen LogP contribution in [0.1, 0.15) is 22.6 Å². The smallest absolute Gasteiger partial charge is 0.261 e. The summed E-state index contributed by atoms with van der Waals surface area (Å²) in [6.45, 7) is 0.658. The summed E-state index contributed by atoms with van der Waals surface area (Å²) in [4.78, 5) is 30.1. The van der Waals surface area contributed by atoms with Crippen LogP contribution in [0.25, 0.3) is 10.9 Å². The van der Waals surface area contributed by atoms with Crippen LogP contribution in [0.3, 0.4) is 0 Å². The summed E-state index contributed by atoms with van der Waals surface area (Å²) in [5.74, 6) is 0.571. The molecular weight excluding hydrogens is 420 g/mol. The molecule has 0 atom stereocenters. The lowest BCUT2D eigenvalue weighted by atomic mass is 10.1. The van der Waals surface area contributed by atoms with Gasteiger partial charge in [-0.25, -0.2) is 17.7 Å². The van der Waals surface area contributed by atoms with Crippen molar-refractivity contribution in [3.05, 3.63) is 58.1 Å². The van der Waals surface area contributed by atoms with Gasteiger partial charge in [-0.15, -0.1) is 0 Å². The summed E-state index contributed by atoms with van der Waals surface area (Å²) >= 11 is 0.